The number of methoxy groups -OCH3 is 1. The van der Waals surface area contributed by atoms with E-state index in [1.807, 2.05) is 47.2 Å². The van der Waals surface area contributed by atoms with Gasteiger partial charge in [0.15, 0.2) is 0 Å². The predicted octanol–water partition coefficient (Wildman–Crippen LogP) is 5.54. The lowest BCUT2D eigenvalue weighted by molar-refractivity contribution is 0.416. The van der Waals surface area contributed by atoms with E-state index in [0.717, 1.165) is 11.4 Å². The van der Waals surface area contributed by atoms with Gasteiger partial charge in [-0.15, -0.1) is 0 Å². The van der Waals surface area contributed by atoms with Crippen LogP contribution in [0.1, 0.15) is 5.69 Å². The Labute approximate surface area is 144 Å². The fraction of sp³-hybridized carbons (Fsp3) is 0.0556. The van der Waals surface area contributed by atoms with Crippen LogP contribution in [0.15, 0.2) is 65.8 Å². The SMILES string of the molecule is COc1ccc(Cl)cc1N=Cc1cccn1-c1ccc(Cl)cc1. The van der Waals surface area contributed by atoms with Crippen molar-refractivity contribution in [3.05, 3.63) is 76.5 Å². The van der Waals surface area contributed by atoms with Crippen LogP contribution in [0.2, 0.25) is 10.0 Å². The molecule has 0 unspecified atom stereocenters. The van der Waals surface area contributed by atoms with Crippen LogP contribution in [0.25, 0.3) is 5.69 Å². The Balaban J connectivity index is 1.94. The minimum Gasteiger partial charge on any atom is -0.494 e. The number of hydrogen-bond donors (Lipinski definition) is 0. The quantitative estimate of drug-likeness (QED) is 0.570. The molecule has 5 heteroatoms. The zero-order valence-electron chi connectivity index (χ0n) is 12.4. The van der Waals surface area contributed by atoms with E-state index < -0.39 is 0 Å². The molecule has 0 spiro atoms. The molecule has 0 bridgehead atoms. The molecule has 0 saturated carbocycles. The molecule has 0 aliphatic heterocycles. The van der Waals surface area contributed by atoms with E-state index in [-0.39, 0.29) is 0 Å². The minimum absolute atomic E-state index is 0.617. The molecule has 2 aromatic carbocycles. The van der Waals surface area contributed by atoms with Gasteiger partial charge in [0, 0.05) is 21.9 Å². The van der Waals surface area contributed by atoms with E-state index in [1.165, 1.54) is 0 Å². The highest BCUT2D eigenvalue weighted by molar-refractivity contribution is 6.31. The first kappa shape index (κ1) is 15.7. The highest BCUT2D eigenvalue weighted by atomic mass is 35.5. The van der Waals surface area contributed by atoms with Crippen LogP contribution in [0.4, 0.5) is 5.69 Å². The van der Waals surface area contributed by atoms with Crippen LogP contribution in [-0.2, 0) is 0 Å². The second-order valence-electron chi connectivity index (χ2n) is 4.85. The van der Waals surface area contributed by atoms with Crippen LogP contribution in [-0.4, -0.2) is 17.9 Å². The lowest BCUT2D eigenvalue weighted by atomic mass is 10.3. The minimum atomic E-state index is 0.617. The molecular weight excluding hydrogens is 331 g/mol. The molecule has 3 aromatic rings. The van der Waals surface area contributed by atoms with Crippen molar-refractivity contribution in [2.24, 2.45) is 4.99 Å². The average Bonchev–Trinajstić information content (AvgIpc) is 3.02. The molecule has 0 aliphatic carbocycles. The third kappa shape index (κ3) is 3.58. The molecular formula is C18H14Cl2N2O. The summed E-state index contributed by atoms with van der Waals surface area (Å²) in [5, 5.41) is 1.32. The number of halogens is 2. The van der Waals surface area contributed by atoms with E-state index in [4.69, 9.17) is 27.9 Å². The molecule has 0 radical (unpaired) electrons. The first-order valence-corrected chi connectivity index (χ1v) is 7.74. The van der Waals surface area contributed by atoms with Crippen molar-refractivity contribution in [1.29, 1.82) is 0 Å². The first-order chi connectivity index (χ1) is 11.2. The lowest BCUT2D eigenvalue weighted by Gasteiger charge is -2.07. The Morgan fingerprint density at radius 2 is 1.74 bits per heavy atom. The van der Waals surface area contributed by atoms with Crippen LogP contribution in [0.5, 0.6) is 5.75 Å². The van der Waals surface area contributed by atoms with Crippen LogP contribution < -0.4 is 4.74 Å². The summed E-state index contributed by atoms with van der Waals surface area (Å²) in [6.07, 6.45) is 3.75. The van der Waals surface area contributed by atoms with Crippen molar-refractivity contribution in [3.8, 4) is 11.4 Å². The summed E-state index contributed by atoms with van der Waals surface area (Å²) < 4.78 is 7.33. The molecule has 3 nitrogen and oxygen atoms in total. The maximum atomic E-state index is 6.03. The van der Waals surface area contributed by atoms with Gasteiger partial charge in [0.2, 0.25) is 0 Å². The van der Waals surface area contributed by atoms with Crippen LogP contribution >= 0.6 is 23.2 Å². The molecule has 116 valence electrons. The summed E-state index contributed by atoms with van der Waals surface area (Å²) >= 11 is 12.0. The van der Waals surface area contributed by atoms with Gasteiger partial charge >= 0.3 is 0 Å². The van der Waals surface area contributed by atoms with Gasteiger partial charge in [0.25, 0.3) is 0 Å². The Morgan fingerprint density at radius 1 is 1.00 bits per heavy atom. The van der Waals surface area contributed by atoms with Crippen molar-refractivity contribution in [2.75, 3.05) is 7.11 Å². The summed E-state index contributed by atoms with van der Waals surface area (Å²) in [5.74, 6) is 0.676. The van der Waals surface area contributed by atoms with Crippen LogP contribution in [0, 0.1) is 0 Å². The van der Waals surface area contributed by atoms with Gasteiger partial charge < -0.3 is 9.30 Å². The van der Waals surface area contributed by atoms with Crippen molar-refractivity contribution < 1.29 is 4.74 Å². The standard InChI is InChI=1S/C18H14Cl2N2O/c1-23-18-9-6-14(20)11-17(18)21-12-16-3-2-10-22(16)15-7-4-13(19)5-8-15/h2-12H,1H3. The fourth-order valence-electron chi connectivity index (χ4n) is 2.24. The Hall–Kier alpha value is -2.23. The maximum absolute atomic E-state index is 6.03. The van der Waals surface area contributed by atoms with Crippen molar-refractivity contribution in [1.82, 2.24) is 4.57 Å². The second kappa shape index (κ2) is 6.90. The summed E-state index contributed by atoms with van der Waals surface area (Å²) in [5.41, 5.74) is 2.64. The zero-order valence-corrected chi connectivity index (χ0v) is 13.9. The maximum Gasteiger partial charge on any atom is 0.144 e. The third-order valence-electron chi connectivity index (χ3n) is 3.36. The topological polar surface area (TPSA) is 26.5 Å². The van der Waals surface area contributed by atoms with E-state index >= 15 is 0 Å². The molecule has 0 amide bonds. The Morgan fingerprint density at radius 3 is 2.48 bits per heavy atom. The van der Waals surface area contributed by atoms with E-state index in [2.05, 4.69) is 4.99 Å². The second-order valence-corrected chi connectivity index (χ2v) is 5.73. The number of aliphatic imine (C=N–C) groups is 1. The highest BCUT2D eigenvalue weighted by Gasteiger charge is 2.04. The van der Waals surface area contributed by atoms with Gasteiger partial charge in [-0.2, -0.15) is 0 Å². The van der Waals surface area contributed by atoms with E-state index in [1.54, 1.807) is 31.5 Å². The van der Waals surface area contributed by atoms with Crippen molar-refractivity contribution >= 4 is 35.1 Å². The molecule has 23 heavy (non-hydrogen) atoms. The predicted molar refractivity (Wildman–Crippen MR) is 96.0 cm³/mol. The molecule has 0 fully saturated rings. The number of benzene rings is 2. The number of nitrogens with zero attached hydrogens (tertiary/aromatic N) is 2. The van der Waals surface area contributed by atoms with Gasteiger partial charge in [0.05, 0.1) is 19.0 Å². The smallest absolute Gasteiger partial charge is 0.144 e. The van der Waals surface area contributed by atoms with Gasteiger partial charge in [-0.3, -0.25) is 4.99 Å². The van der Waals surface area contributed by atoms with Gasteiger partial charge in [-0.1, -0.05) is 23.2 Å². The van der Waals surface area contributed by atoms with E-state index in [9.17, 15) is 0 Å². The summed E-state index contributed by atoms with van der Waals surface area (Å²) in [6, 6.07) is 16.9. The summed E-state index contributed by atoms with van der Waals surface area (Å²) in [4.78, 5) is 4.50. The van der Waals surface area contributed by atoms with E-state index in [0.29, 0.717) is 21.5 Å². The van der Waals surface area contributed by atoms with Gasteiger partial charge in [-0.05, 0) is 54.6 Å². The molecule has 0 aliphatic rings. The molecule has 1 heterocycles. The largest absolute Gasteiger partial charge is 0.494 e. The lowest BCUT2D eigenvalue weighted by Crippen LogP contribution is -1.97. The Kier molecular flexibility index (Phi) is 4.70. The summed E-state index contributed by atoms with van der Waals surface area (Å²) in [7, 11) is 1.61. The molecule has 0 N–H and O–H groups in total. The Bertz CT molecular complexity index is 838. The molecule has 0 atom stereocenters. The highest BCUT2D eigenvalue weighted by Crippen LogP contribution is 2.30. The number of ether oxygens (including phenoxy) is 1. The average molecular weight is 345 g/mol. The molecule has 1 aromatic heterocycles. The summed E-state index contributed by atoms with van der Waals surface area (Å²) in [6.45, 7) is 0. The van der Waals surface area contributed by atoms with Crippen LogP contribution in [0.3, 0.4) is 0 Å². The third-order valence-corrected chi connectivity index (χ3v) is 3.85. The first-order valence-electron chi connectivity index (χ1n) is 6.98. The van der Waals surface area contributed by atoms with Crippen molar-refractivity contribution in [3.63, 3.8) is 0 Å². The van der Waals surface area contributed by atoms with Gasteiger partial charge in [-0.25, -0.2) is 0 Å². The number of aromatic nitrogens is 1. The normalized spacial score (nSPS) is 11.1. The monoisotopic (exact) mass is 344 g/mol. The fourth-order valence-corrected chi connectivity index (χ4v) is 2.53. The molecule has 0 saturated heterocycles. The zero-order chi connectivity index (χ0) is 16.2. The van der Waals surface area contributed by atoms with Crippen molar-refractivity contribution in [2.45, 2.75) is 0 Å². The number of hydrogen-bond acceptors (Lipinski definition) is 2. The number of rotatable bonds is 4. The van der Waals surface area contributed by atoms with Gasteiger partial charge in [0.1, 0.15) is 11.4 Å². The molecule has 3 rings (SSSR count).